The molecule has 0 saturated carbocycles. The van der Waals surface area contributed by atoms with Crippen LogP contribution in [-0.2, 0) is 0 Å². The molecule has 1 nitrogen and oxygen atoms in total. The number of aryl methyl sites for hydroxylation is 1. The van der Waals surface area contributed by atoms with E-state index in [0.29, 0.717) is 0 Å². The predicted octanol–water partition coefficient (Wildman–Crippen LogP) is 5.39. The first-order valence-corrected chi connectivity index (χ1v) is 6.90. The summed E-state index contributed by atoms with van der Waals surface area (Å²) in [6, 6.07) is 23.6. The molecule has 1 heterocycles. The maximum Gasteiger partial charge on any atom is 0.0466 e. The van der Waals surface area contributed by atoms with Crippen LogP contribution in [0.1, 0.15) is 5.56 Å². The maximum absolute atomic E-state index is 3.59. The van der Waals surface area contributed by atoms with Crippen LogP contribution in [0.4, 0.5) is 11.4 Å². The second kappa shape index (κ2) is 4.24. The lowest BCUT2D eigenvalue weighted by atomic mass is 9.92. The third-order valence-corrected chi connectivity index (χ3v) is 3.96. The zero-order valence-corrected chi connectivity index (χ0v) is 11.4. The van der Waals surface area contributed by atoms with E-state index in [1.165, 1.54) is 39.2 Å². The molecule has 0 aliphatic carbocycles. The van der Waals surface area contributed by atoms with Crippen molar-refractivity contribution in [2.75, 3.05) is 5.32 Å². The molecule has 3 aromatic carbocycles. The van der Waals surface area contributed by atoms with Crippen LogP contribution >= 0.6 is 0 Å². The van der Waals surface area contributed by atoms with E-state index in [9.17, 15) is 0 Å². The first kappa shape index (κ1) is 11.3. The van der Waals surface area contributed by atoms with Crippen molar-refractivity contribution >= 4 is 11.4 Å². The molecule has 0 spiro atoms. The second-order valence-electron chi connectivity index (χ2n) is 5.21. The Kier molecular flexibility index (Phi) is 2.40. The largest absolute Gasteiger partial charge is 0.355 e. The van der Waals surface area contributed by atoms with E-state index in [1.807, 2.05) is 0 Å². The summed E-state index contributed by atoms with van der Waals surface area (Å²) in [6.45, 7) is 2.17. The third kappa shape index (κ3) is 1.56. The summed E-state index contributed by atoms with van der Waals surface area (Å²) in [6.07, 6.45) is 0. The molecule has 3 aromatic rings. The minimum atomic E-state index is 1.17. The van der Waals surface area contributed by atoms with Gasteiger partial charge in [0.25, 0.3) is 0 Å². The van der Waals surface area contributed by atoms with Gasteiger partial charge in [-0.2, -0.15) is 0 Å². The molecule has 0 saturated heterocycles. The number of anilines is 2. The van der Waals surface area contributed by atoms with Crippen LogP contribution in [0.3, 0.4) is 0 Å². The van der Waals surface area contributed by atoms with Crippen molar-refractivity contribution in [1.29, 1.82) is 0 Å². The van der Waals surface area contributed by atoms with Gasteiger partial charge in [-0.15, -0.1) is 0 Å². The minimum absolute atomic E-state index is 1.17. The highest BCUT2D eigenvalue weighted by Gasteiger charge is 2.19. The van der Waals surface area contributed by atoms with E-state index in [1.54, 1.807) is 0 Å². The Bertz CT molecular complexity index is 802. The van der Waals surface area contributed by atoms with Crippen LogP contribution in [0.5, 0.6) is 0 Å². The lowest BCUT2D eigenvalue weighted by Crippen LogP contribution is -1.92. The molecular formula is C19H15N. The van der Waals surface area contributed by atoms with Gasteiger partial charge in [0.2, 0.25) is 0 Å². The van der Waals surface area contributed by atoms with Gasteiger partial charge in [0.05, 0.1) is 0 Å². The summed E-state index contributed by atoms with van der Waals surface area (Å²) >= 11 is 0. The SMILES string of the molecule is Cc1cccc2c1-c1ccccc1-c1ccccc1N2. The van der Waals surface area contributed by atoms with Crippen molar-refractivity contribution in [2.45, 2.75) is 6.92 Å². The van der Waals surface area contributed by atoms with Gasteiger partial charge in [0.1, 0.15) is 0 Å². The lowest BCUT2D eigenvalue weighted by molar-refractivity contribution is 1.45. The van der Waals surface area contributed by atoms with E-state index in [-0.39, 0.29) is 0 Å². The van der Waals surface area contributed by atoms with Crippen LogP contribution in [0.2, 0.25) is 0 Å². The molecule has 0 aromatic heterocycles. The molecule has 96 valence electrons. The number of nitrogens with one attached hydrogen (secondary N) is 1. The molecule has 4 rings (SSSR count). The Balaban J connectivity index is 2.15. The van der Waals surface area contributed by atoms with Crippen molar-refractivity contribution in [1.82, 2.24) is 0 Å². The molecule has 1 aliphatic heterocycles. The average molecular weight is 257 g/mol. The summed E-state index contributed by atoms with van der Waals surface area (Å²) in [5, 5.41) is 3.59. The highest BCUT2D eigenvalue weighted by molar-refractivity contribution is 5.99. The summed E-state index contributed by atoms with van der Waals surface area (Å²) in [5.41, 5.74) is 8.82. The number of rotatable bonds is 0. The van der Waals surface area contributed by atoms with E-state index < -0.39 is 0 Å². The monoisotopic (exact) mass is 257 g/mol. The predicted molar refractivity (Wildman–Crippen MR) is 85.3 cm³/mol. The van der Waals surface area contributed by atoms with Gasteiger partial charge in [0, 0.05) is 22.5 Å². The Morgan fingerprint density at radius 2 is 1.25 bits per heavy atom. The van der Waals surface area contributed by atoms with Crippen molar-refractivity contribution in [2.24, 2.45) is 0 Å². The van der Waals surface area contributed by atoms with Crippen molar-refractivity contribution < 1.29 is 0 Å². The first-order valence-electron chi connectivity index (χ1n) is 6.90. The summed E-state index contributed by atoms with van der Waals surface area (Å²) < 4.78 is 0. The van der Waals surface area contributed by atoms with Gasteiger partial charge < -0.3 is 5.32 Å². The summed E-state index contributed by atoms with van der Waals surface area (Å²) in [7, 11) is 0. The van der Waals surface area contributed by atoms with Crippen LogP contribution in [0.15, 0.2) is 66.7 Å². The molecule has 0 unspecified atom stereocenters. The van der Waals surface area contributed by atoms with Crippen LogP contribution in [0.25, 0.3) is 22.3 Å². The van der Waals surface area contributed by atoms with Crippen molar-refractivity contribution in [3.05, 3.63) is 72.3 Å². The third-order valence-electron chi connectivity index (χ3n) is 3.96. The zero-order valence-electron chi connectivity index (χ0n) is 11.4. The van der Waals surface area contributed by atoms with Crippen LogP contribution < -0.4 is 5.32 Å². The fraction of sp³-hybridized carbons (Fsp3) is 0.0526. The first-order chi connectivity index (χ1) is 9.84. The lowest BCUT2D eigenvalue weighted by Gasteiger charge is -2.12. The summed E-state index contributed by atoms with van der Waals surface area (Å²) in [5.74, 6) is 0. The molecular weight excluding hydrogens is 242 g/mol. The average Bonchev–Trinajstić information content (AvgIpc) is 2.62. The van der Waals surface area contributed by atoms with E-state index >= 15 is 0 Å². The van der Waals surface area contributed by atoms with Crippen molar-refractivity contribution in [3.63, 3.8) is 0 Å². The second-order valence-corrected chi connectivity index (χ2v) is 5.21. The Morgan fingerprint density at radius 3 is 2.10 bits per heavy atom. The molecule has 0 radical (unpaired) electrons. The molecule has 1 N–H and O–H groups in total. The number of fused-ring (bicyclic) bond motifs is 5. The molecule has 0 atom stereocenters. The Morgan fingerprint density at radius 1 is 0.600 bits per heavy atom. The quantitative estimate of drug-likeness (QED) is 0.445. The van der Waals surface area contributed by atoms with E-state index in [0.717, 1.165) is 0 Å². The fourth-order valence-electron chi connectivity index (χ4n) is 3.04. The smallest absolute Gasteiger partial charge is 0.0466 e. The van der Waals surface area contributed by atoms with Gasteiger partial charge in [-0.1, -0.05) is 54.6 Å². The number of hydrogen-bond donors (Lipinski definition) is 1. The molecule has 20 heavy (non-hydrogen) atoms. The van der Waals surface area contributed by atoms with Gasteiger partial charge in [0.15, 0.2) is 0 Å². The Labute approximate surface area is 118 Å². The van der Waals surface area contributed by atoms with Gasteiger partial charge in [-0.25, -0.2) is 0 Å². The normalized spacial score (nSPS) is 11.7. The molecule has 0 bridgehead atoms. The zero-order chi connectivity index (χ0) is 13.5. The van der Waals surface area contributed by atoms with E-state index in [2.05, 4.69) is 79.0 Å². The highest BCUT2D eigenvalue weighted by atomic mass is 14.9. The standard InChI is InChI=1S/C19H15N/c1-13-7-6-12-18-19(13)16-10-3-2-8-14(16)15-9-4-5-11-17(15)20-18/h2-12,20H,1H3. The van der Waals surface area contributed by atoms with Crippen LogP contribution in [-0.4, -0.2) is 0 Å². The molecule has 0 fully saturated rings. The molecule has 1 heteroatoms. The maximum atomic E-state index is 3.59. The highest BCUT2D eigenvalue weighted by Crippen LogP contribution is 2.44. The van der Waals surface area contributed by atoms with Gasteiger partial charge in [-0.3, -0.25) is 0 Å². The summed E-state index contributed by atoms with van der Waals surface area (Å²) in [4.78, 5) is 0. The Hall–Kier alpha value is -2.54. The van der Waals surface area contributed by atoms with E-state index in [4.69, 9.17) is 0 Å². The number of benzene rings is 3. The van der Waals surface area contributed by atoms with Crippen LogP contribution in [0, 0.1) is 6.92 Å². The minimum Gasteiger partial charge on any atom is -0.355 e. The van der Waals surface area contributed by atoms with Crippen molar-refractivity contribution in [3.8, 4) is 22.3 Å². The number of hydrogen-bond acceptors (Lipinski definition) is 1. The van der Waals surface area contributed by atoms with Gasteiger partial charge >= 0.3 is 0 Å². The topological polar surface area (TPSA) is 12.0 Å². The molecule has 0 amide bonds. The van der Waals surface area contributed by atoms with Gasteiger partial charge in [-0.05, 0) is 35.7 Å². The fourth-order valence-corrected chi connectivity index (χ4v) is 3.04. The molecule has 1 aliphatic rings. The number of para-hydroxylation sites is 1.